The molecule has 0 radical (unpaired) electrons. The number of hydrogen-bond donors (Lipinski definition) is 5. The van der Waals surface area contributed by atoms with E-state index in [1.54, 1.807) is 0 Å². The molecule has 0 fully saturated rings. The third-order valence-corrected chi connectivity index (χ3v) is 6.07. The van der Waals surface area contributed by atoms with Crippen molar-refractivity contribution in [2.45, 2.75) is 33.1 Å². The number of carbonyl (C=O) groups is 2. The molecule has 9 heteroatoms. The van der Waals surface area contributed by atoms with Crippen molar-refractivity contribution < 1.29 is 31.7 Å². The minimum atomic E-state index is -5.43. The fraction of sp³-hybridized carbons (Fsp3) is 0.263. The van der Waals surface area contributed by atoms with Crippen molar-refractivity contribution in [3.63, 3.8) is 0 Å². The number of aromatic hydroxyl groups is 2. The summed E-state index contributed by atoms with van der Waals surface area (Å²) in [5, 5.41) is 22.5. The van der Waals surface area contributed by atoms with Crippen LogP contribution in [0.2, 0.25) is 0 Å². The summed E-state index contributed by atoms with van der Waals surface area (Å²) in [5.74, 6) is -1.83. The summed E-state index contributed by atoms with van der Waals surface area (Å²) in [6.45, 7) is 3.14. The zero-order valence-corrected chi connectivity index (χ0v) is 17.3. The summed E-state index contributed by atoms with van der Waals surface area (Å²) in [5.41, 5.74) is 0.158. The summed E-state index contributed by atoms with van der Waals surface area (Å²) >= 11 is -5.43. The van der Waals surface area contributed by atoms with Crippen LogP contribution >= 0.6 is 0 Å². The first kappa shape index (κ1) is 21.8. The van der Waals surface area contributed by atoms with E-state index >= 15 is 0 Å². The molecule has 150 valence electrons. The molecule has 2 aromatic carbocycles. The van der Waals surface area contributed by atoms with Gasteiger partial charge in [-0.2, -0.15) is 0 Å². The predicted octanol–water partition coefficient (Wildman–Crippen LogP) is 1.19. The Balaban J connectivity index is 2.65. The van der Waals surface area contributed by atoms with Crippen molar-refractivity contribution in [1.29, 1.82) is 0 Å². The zero-order chi connectivity index (χ0) is 21.1. The van der Waals surface area contributed by atoms with Crippen molar-refractivity contribution in [1.82, 2.24) is 0 Å². The summed E-state index contributed by atoms with van der Waals surface area (Å²) < 4.78 is 30.4. The van der Waals surface area contributed by atoms with E-state index in [0.717, 1.165) is 25.0 Å². The van der Waals surface area contributed by atoms with E-state index in [1.807, 2.05) is 6.92 Å². The van der Waals surface area contributed by atoms with Gasteiger partial charge in [0.1, 0.15) is 0 Å². The van der Waals surface area contributed by atoms with Gasteiger partial charge in [-0.1, -0.05) is 0 Å². The number of anilines is 1. The summed E-state index contributed by atoms with van der Waals surface area (Å²) in [6.07, 6.45) is 2.13. The number of phenolic OH excluding ortho intramolecular Hbond substituents is 2. The van der Waals surface area contributed by atoms with Gasteiger partial charge >= 0.3 is 165 Å². The zero-order valence-electron chi connectivity index (χ0n) is 15.5. The van der Waals surface area contributed by atoms with Gasteiger partial charge in [0, 0.05) is 0 Å². The Morgan fingerprint density at radius 2 is 1.75 bits per heavy atom. The third kappa shape index (κ3) is 5.04. The van der Waals surface area contributed by atoms with Gasteiger partial charge in [-0.3, -0.25) is 0 Å². The molecule has 5 N–H and O–H groups in total. The fourth-order valence-corrected chi connectivity index (χ4v) is 4.01. The molecule has 0 unspecified atom stereocenters. The van der Waals surface area contributed by atoms with Crippen LogP contribution in [-0.4, -0.2) is 44.3 Å². The van der Waals surface area contributed by atoms with E-state index in [1.165, 1.54) is 25.1 Å². The Labute approximate surface area is 164 Å². The van der Waals surface area contributed by atoms with Crippen LogP contribution in [0.15, 0.2) is 30.3 Å². The Kier molecular flexibility index (Phi) is 6.72. The molecule has 0 aliphatic carbocycles. The number of hydrogen-bond acceptors (Lipinski definition) is 5. The van der Waals surface area contributed by atoms with E-state index in [2.05, 4.69) is 5.32 Å². The summed E-state index contributed by atoms with van der Waals surface area (Å²) in [6, 6.07) is 6.08. The molecule has 0 spiro atoms. The normalized spacial score (nSPS) is 11.3. The first-order chi connectivity index (χ1) is 13.0. The molecule has 0 bridgehead atoms. The second-order valence-electron chi connectivity index (χ2n) is 6.39. The molecule has 0 saturated heterocycles. The van der Waals surface area contributed by atoms with Crippen LogP contribution < -0.4 is 9.67 Å². The molecular weight excluding hydrogens is 429 g/mol. The van der Waals surface area contributed by atoms with Crippen LogP contribution in [-0.2, 0) is 15.0 Å². The van der Waals surface area contributed by atoms with Crippen molar-refractivity contribution in [2.24, 2.45) is 0 Å². The molecule has 0 saturated carbocycles. The quantitative estimate of drug-likeness (QED) is 0.242. The Hall–Kier alpha value is -2.54. The standard InChI is InChI=1S/C19H22AsNO7/c1-3-4-5-12-8-14(23)6-7-15(12)18(24)16-9-13(20(26,27)28)10-17(19(16)25)21-11(2)22/h6-10,23,25H,3-5H2,1-2H3,(H,21,22)(H2,26,27,28). The topological polar surface area (TPSA) is 144 Å². The maximum absolute atomic E-state index is 13.1. The minimum absolute atomic E-state index is 0.0157. The van der Waals surface area contributed by atoms with Gasteiger partial charge in [0.2, 0.25) is 0 Å². The molecule has 0 aliphatic heterocycles. The second-order valence-corrected chi connectivity index (χ2v) is 9.76. The van der Waals surface area contributed by atoms with Crippen molar-refractivity contribution in [2.75, 3.05) is 5.32 Å². The van der Waals surface area contributed by atoms with E-state index in [0.29, 0.717) is 12.0 Å². The number of carbonyl (C=O) groups excluding carboxylic acids is 2. The molecule has 2 rings (SSSR count). The molecule has 8 nitrogen and oxygen atoms in total. The molecule has 28 heavy (non-hydrogen) atoms. The number of phenols is 2. The maximum atomic E-state index is 13.1. The SMILES string of the molecule is CCCCc1cc(O)ccc1C(=O)c1cc([As](=O)(O)O)cc(NC(C)=O)c1O. The number of nitrogens with one attached hydrogen (secondary N) is 1. The summed E-state index contributed by atoms with van der Waals surface area (Å²) in [7, 11) is 0. The van der Waals surface area contributed by atoms with Crippen molar-refractivity contribution in [3.8, 4) is 11.5 Å². The summed E-state index contributed by atoms with van der Waals surface area (Å²) in [4.78, 5) is 24.4. The Morgan fingerprint density at radius 3 is 2.32 bits per heavy atom. The molecule has 2 aromatic rings. The van der Waals surface area contributed by atoms with Crippen molar-refractivity contribution >= 4 is 35.9 Å². The number of ketones is 1. The molecule has 1 amide bonds. The van der Waals surface area contributed by atoms with Gasteiger partial charge in [-0.15, -0.1) is 0 Å². The van der Waals surface area contributed by atoms with E-state index < -0.39 is 36.0 Å². The molecule has 0 atom stereocenters. The van der Waals surface area contributed by atoms with Gasteiger partial charge in [0.15, 0.2) is 0 Å². The second kappa shape index (κ2) is 8.64. The van der Waals surface area contributed by atoms with E-state index in [9.17, 15) is 31.7 Å². The number of amides is 1. The van der Waals surface area contributed by atoms with Crippen LogP contribution in [0.4, 0.5) is 5.69 Å². The molecule has 0 aliphatic rings. The number of rotatable bonds is 7. The van der Waals surface area contributed by atoms with Crippen LogP contribution in [0.1, 0.15) is 48.2 Å². The third-order valence-electron chi connectivity index (χ3n) is 4.12. The molecular formula is C19H22AsNO7. The van der Waals surface area contributed by atoms with E-state index in [-0.39, 0.29) is 22.6 Å². The van der Waals surface area contributed by atoms with Crippen LogP contribution in [0.5, 0.6) is 11.5 Å². The Morgan fingerprint density at radius 1 is 1.07 bits per heavy atom. The van der Waals surface area contributed by atoms with Crippen molar-refractivity contribution in [3.05, 3.63) is 47.0 Å². The van der Waals surface area contributed by atoms with Gasteiger partial charge in [-0.05, 0) is 0 Å². The van der Waals surface area contributed by atoms with Gasteiger partial charge < -0.3 is 0 Å². The van der Waals surface area contributed by atoms with Crippen LogP contribution in [0.25, 0.3) is 0 Å². The number of unbranched alkanes of at least 4 members (excludes halogenated alkanes) is 1. The monoisotopic (exact) mass is 451 g/mol. The average molecular weight is 451 g/mol. The fourth-order valence-electron chi connectivity index (χ4n) is 2.77. The Bertz CT molecular complexity index is 965. The van der Waals surface area contributed by atoms with Gasteiger partial charge in [0.05, 0.1) is 0 Å². The van der Waals surface area contributed by atoms with Gasteiger partial charge in [-0.25, -0.2) is 0 Å². The molecule has 0 aromatic heterocycles. The number of aryl methyl sites for hydroxylation is 1. The number of benzene rings is 2. The van der Waals surface area contributed by atoms with Crippen LogP contribution in [0.3, 0.4) is 0 Å². The predicted molar refractivity (Wildman–Crippen MR) is 103 cm³/mol. The van der Waals surface area contributed by atoms with Gasteiger partial charge in [0.25, 0.3) is 0 Å². The first-order valence-electron chi connectivity index (χ1n) is 8.62. The van der Waals surface area contributed by atoms with E-state index in [4.69, 9.17) is 0 Å². The first-order valence-corrected chi connectivity index (χ1v) is 12.0. The molecule has 0 heterocycles. The van der Waals surface area contributed by atoms with Crippen LogP contribution in [0, 0.1) is 0 Å². The average Bonchev–Trinajstić information content (AvgIpc) is 2.59.